The molecular formula is C14H14BrN3S. The lowest BCUT2D eigenvalue weighted by Crippen LogP contribution is -2.15. The molecule has 3 nitrogen and oxygen atoms in total. The molecule has 0 bridgehead atoms. The van der Waals surface area contributed by atoms with E-state index in [1.54, 1.807) is 30.4 Å². The van der Waals surface area contributed by atoms with Gasteiger partial charge in [0.1, 0.15) is 5.03 Å². The van der Waals surface area contributed by atoms with Crippen LogP contribution in [0.1, 0.15) is 18.4 Å². The van der Waals surface area contributed by atoms with E-state index in [-0.39, 0.29) is 0 Å². The molecule has 2 aromatic rings. The Morgan fingerprint density at radius 1 is 1.32 bits per heavy atom. The number of nitrogens with one attached hydrogen (secondary N) is 1. The van der Waals surface area contributed by atoms with Gasteiger partial charge in [-0.3, -0.25) is 4.98 Å². The topological polar surface area (TPSA) is 37.8 Å². The minimum Gasteiger partial charge on any atom is -0.310 e. The summed E-state index contributed by atoms with van der Waals surface area (Å²) in [6.45, 7) is 0.944. The van der Waals surface area contributed by atoms with Crippen LogP contribution in [0.15, 0.2) is 51.2 Å². The smallest absolute Gasteiger partial charge is 0.119 e. The number of halogens is 1. The van der Waals surface area contributed by atoms with Crippen molar-refractivity contribution in [2.24, 2.45) is 0 Å². The number of aromatic nitrogens is 2. The first-order chi connectivity index (χ1) is 9.31. The fourth-order valence-electron chi connectivity index (χ4n) is 1.74. The van der Waals surface area contributed by atoms with Crippen LogP contribution in [0, 0.1) is 0 Å². The molecule has 1 fully saturated rings. The van der Waals surface area contributed by atoms with Gasteiger partial charge in [0, 0.05) is 34.3 Å². The third kappa shape index (κ3) is 3.78. The maximum atomic E-state index is 4.27. The summed E-state index contributed by atoms with van der Waals surface area (Å²) >= 11 is 5.25. The van der Waals surface area contributed by atoms with Gasteiger partial charge in [0.25, 0.3) is 0 Å². The first-order valence-corrected chi connectivity index (χ1v) is 7.88. The lowest BCUT2D eigenvalue weighted by atomic mass is 10.2. The lowest BCUT2D eigenvalue weighted by molar-refractivity contribution is 0.687. The Bertz CT molecular complexity index is 558. The summed E-state index contributed by atoms with van der Waals surface area (Å²) in [6, 6.07) is 7.22. The molecule has 0 spiro atoms. The number of rotatable bonds is 5. The summed E-state index contributed by atoms with van der Waals surface area (Å²) < 4.78 is 1.11. The molecular weight excluding hydrogens is 322 g/mol. The molecule has 1 saturated carbocycles. The van der Waals surface area contributed by atoms with E-state index in [4.69, 9.17) is 0 Å². The van der Waals surface area contributed by atoms with Gasteiger partial charge in [-0.25, -0.2) is 4.98 Å². The Hall–Kier alpha value is -0.910. The molecule has 1 aliphatic carbocycles. The van der Waals surface area contributed by atoms with Crippen LogP contribution >= 0.6 is 27.7 Å². The van der Waals surface area contributed by atoms with Gasteiger partial charge in [-0.1, -0.05) is 17.8 Å². The molecule has 0 saturated heterocycles. The number of hydrogen-bond donors (Lipinski definition) is 1. The molecule has 1 heterocycles. The Morgan fingerprint density at radius 2 is 2.21 bits per heavy atom. The maximum absolute atomic E-state index is 4.27. The predicted octanol–water partition coefficient (Wildman–Crippen LogP) is 3.64. The van der Waals surface area contributed by atoms with Crippen LogP contribution in [-0.4, -0.2) is 16.0 Å². The summed E-state index contributed by atoms with van der Waals surface area (Å²) in [5, 5.41) is 4.43. The molecule has 1 N–H and O–H groups in total. The molecule has 3 rings (SSSR count). The van der Waals surface area contributed by atoms with E-state index in [2.05, 4.69) is 49.4 Å². The van der Waals surface area contributed by atoms with Gasteiger partial charge in [-0.2, -0.15) is 0 Å². The highest BCUT2D eigenvalue weighted by atomic mass is 79.9. The van der Waals surface area contributed by atoms with Gasteiger partial charge in [-0.05, 0) is 46.5 Å². The number of benzene rings is 1. The Morgan fingerprint density at radius 3 is 2.89 bits per heavy atom. The highest BCUT2D eigenvalue weighted by molar-refractivity contribution is 9.10. The zero-order valence-corrected chi connectivity index (χ0v) is 12.7. The zero-order chi connectivity index (χ0) is 13.1. The van der Waals surface area contributed by atoms with Gasteiger partial charge in [0.2, 0.25) is 0 Å². The van der Waals surface area contributed by atoms with Crippen molar-refractivity contribution < 1.29 is 0 Å². The van der Waals surface area contributed by atoms with Crippen LogP contribution in [-0.2, 0) is 6.54 Å². The highest BCUT2D eigenvalue weighted by Crippen LogP contribution is 2.32. The monoisotopic (exact) mass is 335 g/mol. The minimum absolute atomic E-state index is 0.743. The normalized spacial score (nSPS) is 14.6. The van der Waals surface area contributed by atoms with E-state index in [9.17, 15) is 0 Å². The van der Waals surface area contributed by atoms with Crippen LogP contribution in [0.5, 0.6) is 0 Å². The molecule has 5 heteroatoms. The van der Waals surface area contributed by atoms with E-state index in [1.165, 1.54) is 18.4 Å². The summed E-state index contributed by atoms with van der Waals surface area (Å²) in [7, 11) is 0. The van der Waals surface area contributed by atoms with Crippen LogP contribution in [0.2, 0.25) is 0 Å². The molecule has 1 aliphatic rings. The highest BCUT2D eigenvalue weighted by Gasteiger charge is 2.19. The van der Waals surface area contributed by atoms with E-state index in [0.29, 0.717) is 0 Å². The quantitative estimate of drug-likeness (QED) is 0.905. The standard InChI is InChI=1S/C14H14BrN3S/c15-12-7-10(8-18-11-2-3-11)1-4-13(12)19-14-9-16-5-6-17-14/h1,4-7,9,11,18H,2-3,8H2. The van der Waals surface area contributed by atoms with Crippen molar-refractivity contribution in [3.05, 3.63) is 46.8 Å². The average Bonchev–Trinajstić information content (AvgIpc) is 3.25. The Balaban J connectivity index is 1.68. The first-order valence-electron chi connectivity index (χ1n) is 6.27. The van der Waals surface area contributed by atoms with Crippen molar-refractivity contribution in [2.45, 2.75) is 35.3 Å². The lowest BCUT2D eigenvalue weighted by Gasteiger charge is -2.07. The van der Waals surface area contributed by atoms with E-state index >= 15 is 0 Å². The summed E-state index contributed by atoms with van der Waals surface area (Å²) in [5.41, 5.74) is 1.31. The second-order valence-electron chi connectivity index (χ2n) is 4.57. The molecule has 0 amide bonds. The van der Waals surface area contributed by atoms with E-state index < -0.39 is 0 Å². The van der Waals surface area contributed by atoms with E-state index in [1.807, 2.05) is 0 Å². The van der Waals surface area contributed by atoms with Gasteiger partial charge in [-0.15, -0.1) is 0 Å². The summed E-state index contributed by atoms with van der Waals surface area (Å²) in [4.78, 5) is 9.51. The molecule has 0 aliphatic heterocycles. The van der Waals surface area contributed by atoms with Crippen molar-refractivity contribution in [1.29, 1.82) is 0 Å². The molecule has 98 valence electrons. The SMILES string of the molecule is Brc1cc(CNC2CC2)ccc1Sc1cnccn1. The molecule has 0 atom stereocenters. The molecule has 0 unspecified atom stereocenters. The Kier molecular flexibility index (Phi) is 4.15. The Labute approximate surface area is 125 Å². The second kappa shape index (κ2) is 6.03. The fourth-order valence-corrected chi connectivity index (χ4v) is 3.15. The third-order valence-corrected chi connectivity index (χ3v) is 4.84. The summed E-state index contributed by atoms with van der Waals surface area (Å²) in [5.74, 6) is 0. The van der Waals surface area contributed by atoms with Crippen LogP contribution in [0.25, 0.3) is 0 Å². The van der Waals surface area contributed by atoms with Crippen molar-refractivity contribution in [1.82, 2.24) is 15.3 Å². The molecule has 1 aromatic carbocycles. The first kappa shape index (κ1) is 13.1. The molecule has 0 radical (unpaired) electrons. The van der Waals surface area contributed by atoms with Crippen LogP contribution in [0.3, 0.4) is 0 Å². The molecule has 1 aromatic heterocycles. The van der Waals surface area contributed by atoms with Crippen LogP contribution < -0.4 is 5.32 Å². The third-order valence-electron chi connectivity index (χ3n) is 2.92. The van der Waals surface area contributed by atoms with Gasteiger partial charge in [0.15, 0.2) is 0 Å². The van der Waals surface area contributed by atoms with Crippen molar-refractivity contribution in [3.8, 4) is 0 Å². The average molecular weight is 336 g/mol. The van der Waals surface area contributed by atoms with Gasteiger partial charge in [0.05, 0.1) is 6.20 Å². The van der Waals surface area contributed by atoms with Crippen molar-refractivity contribution >= 4 is 27.7 Å². The number of hydrogen-bond acceptors (Lipinski definition) is 4. The predicted molar refractivity (Wildman–Crippen MR) is 80.2 cm³/mol. The molecule has 19 heavy (non-hydrogen) atoms. The van der Waals surface area contributed by atoms with Crippen molar-refractivity contribution in [3.63, 3.8) is 0 Å². The van der Waals surface area contributed by atoms with Gasteiger partial charge < -0.3 is 5.32 Å². The van der Waals surface area contributed by atoms with Crippen molar-refractivity contribution in [2.75, 3.05) is 0 Å². The minimum atomic E-state index is 0.743. The zero-order valence-electron chi connectivity index (χ0n) is 10.3. The number of nitrogens with zero attached hydrogens (tertiary/aromatic N) is 2. The maximum Gasteiger partial charge on any atom is 0.119 e. The van der Waals surface area contributed by atoms with Crippen LogP contribution in [0.4, 0.5) is 0 Å². The summed E-state index contributed by atoms with van der Waals surface area (Å²) in [6.07, 6.45) is 7.82. The largest absolute Gasteiger partial charge is 0.310 e. The second-order valence-corrected chi connectivity index (χ2v) is 6.48. The van der Waals surface area contributed by atoms with E-state index in [0.717, 1.165) is 27.0 Å². The van der Waals surface area contributed by atoms with Gasteiger partial charge >= 0.3 is 0 Å². The fraction of sp³-hybridized carbons (Fsp3) is 0.286.